The van der Waals surface area contributed by atoms with E-state index >= 15 is 0 Å². The number of carboxylic acid groups (broad SMARTS) is 1. The Morgan fingerprint density at radius 1 is 1.22 bits per heavy atom. The Hall–Kier alpha value is -2.53. The number of aliphatic hydroxyl groups is 2. The standard InChI is InChI=1S/C16H24N6O12P2/c1-2-17-16(27)21-13-10-14(19-6-18-13)22(7-20-10)15-12(26)11(25)8(33-15)5-32-36(30,31)34-35(28,29)4-3-9(23)24/h6-8,11-12,15,25-26H,2-5H2,1H3,(H,23,24)(H,28,29)(H,30,31)(H2,17,18,19,21,27)/p-2/t8-,11+,12+,15-/m1/s1. The van der Waals surface area contributed by atoms with Gasteiger partial charge >= 0.3 is 12.0 Å². The minimum Gasteiger partial charge on any atom is -0.778 e. The van der Waals surface area contributed by atoms with Gasteiger partial charge in [-0.25, -0.2) is 19.7 Å². The van der Waals surface area contributed by atoms with Crippen molar-refractivity contribution in [3.63, 3.8) is 0 Å². The summed E-state index contributed by atoms with van der Waals surface area (Å²) in [6, 6.07) is -0.549. The molecule has 2 aromatic rings. The van der Waals surface area contributed by atoms with Crippen LogP contribution in [0.2, 0.25) is 0 Å². The topological polar surface area (TPSA) is 270 Å². The van der Waals surface area contributed by atoms with Crippen LogP contribution in [0.15, 0.2) is 12.7 Å². The number of amides is 2. The van der Waals surface area contributed by atoms with Crippen LogP contribution in [0.3, 0.4) is 0 Å². The zero-order valence-corrected chi connectivity index (χ0v) is 20.3. The fraction of sp³-hybridized carbons (Fsp3) is 0.562. The first kappa shape index (κ1) is 28.0. The molecule has 6 atom stereocenters. The van der Waals surface area contributed by atoms with E-state index in [4.69, 9.17) is 9.84 Å². The van der Waals surface area contributed by atoms with Crippen LogP contribution in [-0.4, -0.2) is 84.5 Å². The van der Waals surface area contributed by atoms with Crippen molar-refractivity contribution in [2.75, 3.05) is 24.6 Å². The van der Waals surface area contributed by atoms with Crippen molar-refractivity contribution in [3.8, 4) is 0 Å². The number of imidazole rings is 1. The number of carboxylic acids is 1. The van der Waals surface area contributed by atoms with Gasteiger partial charge in [0.05, 0.1) is 19.4 Å². The molecular weight excluding hydrogens is 530 g/mol. The Morgan fingerprint density at radius 2 is 1.94 bits per heavy atom. The molecule has 18 nitrogen and oxygen atoms in total. The number of hydrogen-bond donors (Lipinski definition) is 5. The van der Waals surface area contributed by atoms with Crippen LogP contribution in [0.4, 0.5) is 10.6 Å². The summed E-state index contributed by atoms with van der Waals surface area (Å²) in [6.45, 7) is 1.12. The minimum atomic E-state index is -5.49. The Morgan fingerprint density at radius 3 is 2.61 bits per heavy atom. The molecule has 3 rings (SSSR count). The quantitative estimate of drug-likeness (QED) is 0.191. The number of rotatable bonds is 11. The molecule has 1 aliphatic rings. The molecule has 0 saturated carbocycles. The number of urea groups is 1. The van der Waals surface area contributed by atoms with Gasteiger partial charge in [-0.3, -0.25) is 23.6 Å². The van der Waals surface area contributed by atoms with Gasteiger partial charge in [-0.2, -0.15) is 0 Å². The maximum absolute atomic E-state index is 11.9. The van der Waals surface area contributed by atoms with Crippen LogP contribution < -0.4 is 20.4 Å². The van der Waals surface area contributed by atoms with Crippen LogP contribution in [0.5, 0.6) is 0 Å². The lowest BCUT2D eigenvalue weighted by Crippen LogP contribution is -2.34. The number of nitrogens with one attached hydrogen (secondary N) is 2. The molecule has 36 heavy (non-hydrogen) atoms. The van der Waals surface area contributed by atoms with Crippen molar-refractivity contribution in [2.45, 2.75) is 37.9 Å². The van der Waals surface area contributed by atoms with E-state index in [9.17, 15) is 38.7 Å². The molecule has 0 aliphatic carbocycles. The number of ether oxygens (including phenoxy) is 1. The zero-order valence-electron chi connectivity index (χ0n) is 18.5. The van der Waals surface area contributed by atoms with Crippen molar-refractivity contribution in [3.05, 3.63) is 12.7 Å². The van der Waals surface area contributed by atoms with E-state index in [2.05, 4.69) is 34.4 Å². The van der Waals surface area contributed by atoms with Crippen molar-refractivity contribution >= 4 is 44.4 Å². The first-order chi connectivity index (χ1) is 16.8. The van der Waals surface area contributed by atoms with Gasteiger partial charge < -0.3 is 44.2 Å². The number of fused-ring (bicyclic) bond motifs is 1. The zero-order chi connectivity index (χ0) is 26.7. The van der Waals surface area contributed by atoms with Gasteiger partial charge in [-0.15, -0.1) is 0 Å². The van der Waals surface area contributed by atoms with E-state index in [-0.39, 0.29) is 17.0 Å². The van der Waals surface area contributed by atoms with Crippen LogP contribution in [0.25, 0.3) is 11.2 Å². The summed E-state index contributed by atoms with van der Waals surface area (Å²) < 4.78 is 38.7. The van der Waals surface area contributed by atoms with Crippen molar-refractivity contribution in [1.29, 1.82) is 0 Å². The Bertz CT molecular complexity index is 1210. The Kier molecular flexibility index (Phi) is 8.76. The minimum absolute atomic E-state index is 0.0481. The lowest BCUT2D eigenvalue weighted by molar-refractivity contribution is -0.234. The number of aliphatic hydroxyl groups excluding tert-OH is 2. The summed E-state index contributed by atoms with van der Waals surface area (Å²) in [6.07, 6.45) is -5.80. The molecule has 2 unspecified atom stereocenters. The number of carbonyl (C=O) groups excluding carboxylic acids is 1. The van der Waals surface area contributed by atoms with E-state index in [0.29, 0.717) is 6.54 Å². The van der Waals surface area contributed by atoms with Gasteiger partial charge in [0.15, 0.2) is 23.2 Å². The average molecular weight is 552 g/mol. The maximum Gasteiger partial charge on any atom is 0.320 e. The number of phosphoric acid groups is 1. The molecule has 0 bridgehead atoms. The highest BCUT2D eigenvalue weighted by Crippen LogP contribution is 2.55. The maximum atomic E-state index is 11.9. The number of hydrogen-bond acceptors (Lipinski definition) is 14. The fourth-order valence-electron chi connectivity index (χ4n) is 3.15. The predicted octanol–water partition coefficient (Wildman–Crippen LogP) is -1.88. The fourth-order valence-corrected chi connectivity index (χ4v) is 5.68. The van der Waals surface area contributed by atoms with Gasteiger partial charge in [0.1, 0.15) is 32.2 Å². The number of phosphoric ester groups is 1. The molecule has 3 heterocycles. The molecule has 5 N–H and O–H groups in total. The van der Waals surface area contributed by atoms with Crippen molar-refractivity contribution in [1.82, 2.24) is 24.8 Å². The summed E-state index contributed by atoms with van der Waals surface area (Å²) >= 11 is 0. The van der Waals surface area contributed by atoms with E-state index in [0.717, 1.165) is 6.33 Å². The van der Waals surface area contributed by atoms with Gasteiger partial charge in [0.25, 0.3) is 7.82 Å². The lowest BCUT2D eigenvalue weighted by atomic mass is 10.1. The predicted molar refractivity (Wildman–Crippen MR) is 113 cm³/mol. The average Bonchev–Trinajstić information content (AvgIpc) is 3.32. The molecular formula is C16H22N6O12P2-2. The molecule has 0 radical (unpaired) electrons. The van der Waals surface area contributed by atoms with Crippen LogP contribution in [-0.2, 0) is 27.5 Å². The second-order valence-corrected chi connectivity index (χ2v) is 10.9. The second-order valence-electron chi connectivity index (χ2n) is 7.38. The molecule has 1 aliphatic heterocycles. The number of aliphatic carboxylic acids is 1. The monoisotopic (exact) mass is 552 g/mol. The normalized spacial score (nSPS) is 25.2. The van der Waals surface area contributed by atoms with Crippen molar-refractivity contribution < 1.29 is 57.4 Å². The molecule has 2 amide bonds. The summed E-state index contributed by atoms with van der Waals surface area (Å²) in [4.78, 5) is 57.9. The molecule has 2 aromatic heterocycles. The first-order valence-corrected chi connectivity index (χ1v) is 13.4. The van der Waals surface area contributed by atoms with Crippen LogP contribution >= 0.6 is 15.4 Å². The van der Waals surface area contributed by atoms with Gasteiger partial charge in [-0.1, -0.05) is 0 Å². The van der Waals surface area contributed by atoms with E-state index in [1.165, 1.54) is 10.9 Å². The number of nitrogens with zero attached hydrogens (tertiary/aromatic N) is 4. The largest absolute Gasteiger partial charge is 0.778 e. The SMILES string of the molecule is CCNC(=O)Nc1ncnc2c1ncn2[C@@H]1O[C@H](COP(=O)([O-])OP(=O)([O-])CCC(=O)O)[C@H](O)[C@@H]1O. The van der Waals surface area contributed by atoms with E-state index < -0.39 is 71.1 Å². The van der Waals surface area contributed by atoms with Crippen LogP contribution in [0, 0.1) is 0 Å². The molecule has 0 spiro atoms. The first-order valence-electron chi connectivity index (χ1n) is 10.3. The molecule has 20 heteroatoms. The molecule has 0 aromatic carbocycles. The van der Waals surface area contributed by atoms with E-state index in [1.807, 2.05) is 0 Å². The Labute approximate surface area is 202 Å². The highest BCUT2D eigenvalue weighted by Gasteiger charge is 2.45. The number of carbonyl (C=O) groups is 2. The third-order valence-corrected chi connectivity index (χ3v) is 7.79. The lowest BCUT2D eigenvalue weighted by Gasteiger charge is -2.31. The molecule has 1 saturated heterocycles. The Balaban J connectivity index is 1.70. The highest BCUT2D eigenvalue weighted by molar-refractivity contribution is 7.62. The van der Waals surface area contributed by atoms with Crippen molar-refractivity contribution in [2.24, 2.45) is 0 Å². The molecule has 200 valence electrons. The summed E-state index contributed by atoms with van der Waals surface area (Å²) in [5.41, 5.74) is 0.219. The van der Waals surface area contributed by atoms with Gasteiger partial charge in [-0.05, 0) is 6.92 Å². The van der Waals surface area contributed by atoms with E-state index in [1.54, 1.807) is 6.92 Å². The third-order valence-electron chi connectivity index (χ3n) is 4.76. The second kappa shape index (κ2) is 11.2. The summed E-state index contributed by atoms with van der Waals surface area (Å²) in [5.74, 6) is -1.43. The highest BCUT2D eigenvalue weighted by atomic mass is 31.3. The third kappa shape index (κ3) is 6.82. The number of aromatic nitrogens is 4. The smallest absolute Gasteiger partial charge is 0.320 e. The summed E-state index contributed by atoms with van der Waals surface area (Å²) in [5, 5.41) is 34.3. The summed E-state index contributed by atoms with van der Waals surface area (Å²) in [7, 11) is -10.6. The number of anilines is 1. The van der Waals surface area contributed by atoms with Crippen LogP contribution in [0.1, 0.15) is 19.6 Å². The molecule has 1 fully saturated rings. The van der Waals surface area contributed by atoms with Gasteiger partial charge in [0.2, 0.25) is 0 Å². The van der Waals surface area contributed by atoms with Gasteiger partial charge in [0, 0.05) is 12.7 Å².